The van der Waals surface area contributed by atoms with Crippen molar-refractivity contribution in [1.29, 1.82) is 0 Å². The van der Waals surface area contributed by atoms with Gasteiger partial charge in [-0.1, -0.05) is 194 Å². The first-order valence-corrected chi connectivity index (χ1v) is 25.7. The molecule has 0 saturated carbocycles. The molecule has 0 aliphatic carbocycles. The molecule has 65 heavy (non-hydrogen) atoms. The summed E-state index contributed by atoms with van der Waals surface area (Å²) in [6.07, 6.45) is 2.79. The van der Waals surface area contributed by atoms with Gasteiger partial charge in [-0.3, -0.25) is 0 Å². The fourth-order valence-corrected chi connectivity index (χ4v) is 8.77. The average molecular weight is 1010 g/mol. The Morgan fingerprint density at radius 2 is 0.677 bits per heavy atom. The van der Waals surface area contributed by atoms with Gasteiger partial charge in [0.25, 0.3) is 0 Å². The first-order valence-electron chi connectivity index (χ1n) is 23.4. The van der Waals surface area contributed by atoms with Crippen LogP contribution in [0.15, 0.2) is 72.8 Å². The van der Waals surface area contributed by atoms with Gasteiger partial charge in [0.1, 0.15) is 23.0 Å². The van der Waals surface area contributed by atoms with E-state index in [1.807, 2.05) is 24.3 Å². The Labute approximate surface area is 424 Å². The standard InChI is InChI=1S/2C28H43O3P.Y/c1-19(2)16-20-17-21(26(3,4)5)12-14-24(20)30-32(29)31-25-15-13-22(27(6,7)8)18-23(25)28(9,10)11;1-19(2)15-21-11-13-26(24(17-21)28(8,9)10)31-32(29)30-25-14-12-23(27(5,6)7)18-22(25)16-20(3)4;/h12-15,17-19,29H,16H2,1-11H3;11-14,17-20,29H,15-16H2,1-10H3;. The van der Waals surface area contributed by atoms with Crippen molar-refractivity contribution < 1.29 is 60.6 Å². The van der Waals surface area contributed by atoms with Crippen LogP contribution in [0, 0.1) is 17.8 Å². The van der Waals surface area contributed by atoms with Gasteiger partial charge in [0.2, 0.25) is 0 Å². The summed E-state index contributed by atoms with van der Waals surface area (Å²) in [5.41, 5.74) is 9.37. The minimum atomic E-state index is -2.11. The third-order valence-corrected chi connectivity index (χ3v) is 12.4. The second-order valence-corrected chi connectivity index (χ2v) is 25.8. The molecule has 0 aromatic heterocycles. The molecule has 9 heteroatoms. The summed E-state index contributed by atoms with van der Waals surface area (Å²) in [7, 11) is -4.21. The molecule has 0 aliphatic heterocycles. The van der Waals surface area contributed by atoms with E-state index in [4.69, 9.17) is 18.1 Å². The van der Waals surface area contributed by atoms with Gasteiger partial charge in [-0.2, -0.15) is 0 Å². The van der Waals surface area contributed by atoms with E-state index < -0.39 is 17.2 Å². The topological polar surface area (TPSA) is 77.4 Å². The Morgan fingerprint density at radius 1 is 0.385 bits per heavy atom. The largest absolute Gasteiger partial charge is 0.460 e. The van der Waals surface area contributed by atoms with Gasteiger partial charge < -0.3 is 27.9 Å². The van der Waals surface area contributed by atoms with Gasteiger partial charge in [0.05, 0.1) is 0 Å². The first-order chi connectivity index (χ1) is 29.1. The van der Waals surface area contributed by atoms with E-state index in [9.17, 15) is 9.79 Å². The molecular weight excluding hydrogens is 919 g/mol. The Morgan fingerprint density at radius 3 is 1.00 bits per heavy atom. The Bertz CT molecular complexity index is 2110. The zero-order valence-electron chi connectivity index (χ0n) is 44.3. The maximum absolute atomic E-state index is 10.8. The van der Waals surface area contributed by atoms with Crippen molar-refractivity contribution in [2.75, 3.05) is 0 Å². The van der Waals surface area contributed by atoms with Crippen LogP contribution < -0.4 is 18.1 Å². The van der Waals surface area contributed by atoms with Gasteiger partial charge >= 0.3 is 17.2 Å². The Hall–Kier alpha value is -2.04. The van der Waals surface area contributed by atoms with Crippen LogP contribution in [0.4, 0.5) is 0 Å². The molecule has 0 aliphatic rings. The number of hydrogen-bond acceptors (Lipinski definition) is 6. The fraction of sp³-hybridized carbons (Fsp3) is 0.571. The van der Waals surface area contributed by atoms with E-state index in [-0.39, 0.29) is 59.8 Å². The summed E-state index contributed by atoms with van der Waals surface area (Å²) >= 11 is 0. The van der Waals surface area contributed by atoms with E-state index in [2.05, 4.69) is 194 Å². The van der Waals surface area contributed by atoms with Crippen molar-refractivity contribution in [2.45, 2.75) is 192 Å². The van der Waals surface area contributed by atoms with Crippen molar-refractivity contribution >= 4 is 17.2 Å². The second-order valence-electron chi connectivity index (χ2n) is 24.1. The van der Waals surface area contributed by atoms with Crippen molar-refractivity contribution in [1.82, 2.24) is 0 Å². The third-order valence-electron chi connectivity index (χ3n) is 11.0. The molecule has 0 saturated heterocycles. The van der Waals surface area contributed by atoms with Crippen LogP contribution in [0.1, 0.15) is 190 Å². The van der Waals surface area contributed by atoms with E-state index in [0.717, 1.165) is 41.5 Å². The van der Waals surface area contributed by atoms with Gasteiger partial charge in [0.15, 0.2) is 0 Å². The molecule has 4 aromatic rings. The molecule has 2 N–H and O–H groups in total. The van der Waals surface area contributed by atoms with Crippen LogP contribution in [-0.4, -0.2) is 9.79 Å². The van der Waals surface area contributed by atoms with Crippen molar-refractivity contribution in [3.05, 3.63) is 117 Å². The van der Waals surface area contributed by atoms with Crippen LogP contribution in [-0.2, 0) is 79.0 Å². The molecule has 4 aromatic carbocycles. The number of rotatable bonds is 14. The van der Waals surface area contributed by atoms with Crippen LogP contribution in [0.2, 0.25) is 0 Å². The normalized spacial score (nSPS) is 13.5. The molecule has 0 amide bonds. The summed E-state index contributed by atoms with van der Waals surface area (Å²) < 4.78 is 24.0. The van der Waals surface area contributed by atoms with Crippen LogP contribution in [0.3, 0.4) is 0 Å². The van der Waals surface area contributed by atoms with Gasteiger partial charge in [-0.25, -0.2) is 0 Å². The summed E-state index contributed by atoms with van der Waals surface area (Å²) in [6.45, 7) is 46.1. The van der Waals surface area contributed by atoms with E-state index in [1.165, 1.54) is 22.3 Å². The monoisotopic (exact) mass is 1010 g/mol. The zero-order valence-corrected chi connectivity index (χ0v) is 48.9. The van der Waals surface area contributed by atoms with Crippen molar-refractivity contribution in [3.8, 4) is 23.0 Å². The summed E-state index contributed by atoms with van der Waals surface area (Å²) in [6, 6.07) is 25.1. The van der Waals surface area contributed by atoms with Gasteiger partial charge in [-0.05, 0) is 122 Å². The van der Waals surface area contributed by atoms with Crippen molar-refractivity contribution in [3.63, 3.8) is 0 Å². The average Bonchev–Trinajstić information content (AvgIpc) is 3.11. The smallest absolute Gasteiger partial charge is 0.418 e. The summed E-state index contributed by atoms with van der Waals surface area (Å²) in [4.78, 5) is 21.6. The van der Waals surface area contributed by atoms with Crippen LogP contribution >= 0.6 is 17.2 Å². The first kappa shape index (κ1) is 59.1. The minimum Gasteiger partial charge on any atom is -0.418 e. The van der Waals surface area contributed by atoms with Gasteiger partial charge in [-0.15, -0.1) is 0 Å². The molecule has 1 radical (unpaired) electrons. The third kappa shape index (κ3) is 19.1. The molecule has 2 atom stereocenters. The quantitative estimate of drug-likeness (QED) is 0.123. The SMILES string of the molecule is CC(C)Cc1cc(C(C)(C)C)ccc1OP(O)Oc1ccc(C(C)(C)C)cc1C(C)(C)C.CC(C)Cc1ccc(OP(O)Oc2ccc(C(C)(C)C)cc2CC(C)C)c(C(C)(C)C)c1.[Y]. The molecular formula is C56H86O6P2Y. The maximum atomic E-state index is 10.8. The molecule has 359 valence electrons. The summed E-state index contributed by atoms with van der Waals surface area (Å²) in [5, 5.41) is 0. The molecule has 2 unspecified atom stereocenters. The molecule has 4 rings (SSSR count). The predicted molar refractivity (Wildman–Crippen MR) is 276 cm³/mol. The van der Waals surface area contributed by atoms with E-state index >= 15 is 0 Å². The molecule has 0 fully saturated rings. The maximum Gasteiger partial charge on any atom is 0.460 e. The fourth-order valence-electron chi connectivity index (χ4n) is 7.35. The molecule has 0 bridgehead atoms. The molecule has 6 nitrogen and oxygen atoms in total. The second kappa shape index (κ2) is 24.0. The van der Waals surface area contributed by atoms with Crippen molar-refractivity contribution in [2.24, 2.45) is 17.8 Å². The number of benzene rings is 4. The summed E-state index contributed by atoms with van der Waals surface area (Å²) in [5.74, 6) is 4.32. The van der Waals surface area contributed by atoms with Gasteiger partial charge in [0, 0.05) is 43.8 Å². The molecule has 0 spiro atoms. The minimum absolute atomic E-state index is 0. The Balaban J connectivity index is 0.000000440. The van der Waals surface area contributed by atoms with Crippen LogP contribution in [0.25, 0.3) is 0 Å². The van der Waals surface area contributed by atoms with Crippen LogP contribution in [0.5, 0.6) is 23.0 Å². The predicted octanol–water partition coefficient (Wildman–Crippen LogP) is 16.8. The molecule has 0 heterocycles. The van der Waals surface area contributed by atoms with E-state index in [0.29, 0.717) is 40.8 Å². The number of hydrogen-bond donors (Lipinski definition) is 2. The van der Waals surface area contributed by atoms with E-state index in [1.54, 1.807) is 0 Å². The zero-order chi connectivity index (χ0) is 48.7. The Kier molecular flexibility index (Phi) is 21.8.